The van der Waals surface area contributed by atoms with Crippen molar-refractivity contribution in [3.63, 3.8) is 0 Å². The van der Waals surface area contributed by atoms with Crippen LogP contribution in [0.1, 0.15) is 44.9 Å². The minimum atomic E-state index is 0.130. The van der Waals surface area contributed by atoms with Crippen LogP contribution in [0, 0.1) is 28.6 Å². The summed E-state index contributed by atoms with van der Waals surface area (Å²) in [6, 6.07) is 4.35. The highest BCUT2D eigenvalue weighted by molar-refractivity contribution is 5.97. The Kier molecular flexibility index (Phi) is 4.91. The zero-order valence-electron chi connectivity index (χ0n) is 11.6. The van der Waals surface area contributed by atoms with Gasteiger partial charge >= 0.3 is 0 Å². The lowest BCUT2D eigenvalue weighted by atomic mass is 9.84. The highest BCUT2D eigenvalue weighted by Crippen LogP contribution is 2.33. The van der Waals surface area contributed by atoms with Gasteiger partial charge in [0.05, 0.1) is 18.6 Å². The highest BCUT2D eigenvalue weighted by atomic mass is 16.1. The van der Waals surface area contributed by atoms with Gasteiger partial charge in [-0.1, -0.05) is 17.7 Å². The number of ketones is 1. The molecule has 2 aliphatic carbocycles. The van der Waals surface area contributed by atoms with Crippen LogP contribution in [0.2, 0.25) is 0 Å². The average molecular weight is 266 g/mol. The molecule has 0 aromatic rings. The first kappa shape index (κ1) is 14.3. The Hall–Kier alpha value is -2.13. The van der Waals surface area contributed by atoms with E-state index in [1.165, 1.54) is 5.57 Å². The molecule has 3 heteroatoms. The summed E-state index contributed by atoms with van der Waals surface area (Å²) in [6.07, 6.45) is 11.3. The summed E-state index contributed by atoms with van der Waals surface area (Å²) >= 11 is 0. The molecule has 2 rings (SSSR count). The molecule has 0 fully saturated rings. The van der Waals surface area contributed by atoms with E-state index in [9.17, 15) is 4.79 Å². The smallest absolute Gasteiger partial charge is 0.160 e. The Morgan fingerprint density at radius 1 is 1.35 bits per heavy atom. The molecule has 2 aliphatic rings. The van der Waals surface area contributed by atoms with Crippen LogP contribution < -0.4 is 0 Å². The van der Waals surface area contributed by atoms with Crippen molar-refractivity contribution in [1.82, 2.24) is 0 Å². The summed E-state index contributed by atoms with van der Waals surface area (Å²) in [4.78, 5) is 11.6. The fraction of sp³-hybridized carbons (Fsp3) is 0.471. The van der Waals surface area contributed by atoms with Gasteiger partial charge in [-0.05, 0) is 48.8 Å². The van der Waals surface area contributed by atoms with Crippen LogP contribution in [0.15, 0.2) is 34.9 Å². The number of hydrogen-bond acceptors (Lipinski definition) is 3. The van der Waals surface area contributed by atoms with Crippen molar-refractivity contribution in [2.24, 2.45) is 5.92 Å². The quantitative estimate of drug-likeness (QED) is 0.728. The van der Waals surface area contributed by atoms with Crippen LogP contribution in [-0.2, 0) is 4.79 Å². The van der Waals surface area contributed by atoms with Crippen molar-refractivity contribution in [3.8, 4) is 12.1 Å². The van der Waals surface area contributed by atoms with Crippen molar-refractivity contribution in [1.29, 1.82) is 10.5 Å². The van der Waals surface area contributed by atoms with E-state index in [1.807, 2.05) is 0 Å². The van der Waals surface area contributed by atoms with Gasteiger partial charge in [-0.3, -0.25) is 4.79 Å². The molecule has 0 saturated heterocycles. The lowest BCUT2D eigenvalue weighted by Crippen LogP contribution is -2.07. The summed E-state index contributed by atoms with van der Waals surface area (Å²) in [5.74, 6) is 0.417. The number of rotatable bonds is 4. The molecule has 102 valence electrons. The molecule has 1 unspecified atom stereocenters. The largest absolute Gasteiger partial charge is 0.294 e. The topological polar surface area (TPSA) is 64.7 Å². The number of carbonyl (C=O) groups is 1. The zero-order valence-corrected chi connectivity index (χ0v) is 11.6. The van der Waals surface area contributed by atoms with Crippen molar-refractivity contribution in [2.45, 2.75) is 44.9 Å². The maximum Gasteiger partial charge on any atom is 0.160 e. The van der Waals surface area contributed by atoms with Gasteiger partial charge in [0, 0.05) is 12.8 Å². The van der Waals surface area contributed by atoms with Gasteiger partial charge in [0.2, 0.25) is 0 Å². The first-order chi connectivity index (χ1) is 9.74. The monoisotopic (exact) mass is 266 g/mol. The normalized spacial score (nSPS) is 24.0. The number of nitrogens with zero attached hydrogens (tertiary/aromatic N) is 2. The number of hydrogen-bond donors (Lipinski definition) is 0. The molecule has 0 aliphatic heterocycles. The van der Waals surface area contributed by atoms with E-state index in [-0.39, 0.29) is 11.7 Å². The van der Waals surface area contributed by atoms with Crippen LogP contribution in [0.4, 0.5) is 0 Å². The first-order valence-electron chi connectivity index (χ1n) is 7.12. The van der Waals surface area contributed by atoms with Gasteiger partial charge in [0.25, 0.3) is 0 Å². The van der Waals surface area contributed by atoms with E-state index in [1.54, 1.807) is 6.08 Å². The molecule has 0 aromatic carbocycles. The molecule has 0 saturated carbocycles. The zero-order chi connectivity index (χ0) is 14.4. The summed E-state index contributed by atoms with van der Waals surface area (Å²) in [6.45, 7) is 0. The van der Waals surface area contributed by atoms with Gasteiger partial charge < -0.3 is 0 Å². The van der Waals surface area contributed by atoms with Crippen molar-refractivity contribution >= 4 is 5.78 Å². The molecule has 0 heterocycles. The van der Waals surface area contributed by atoms with E-state index in [4.69, 9.17) is 10.5 Å². The van der Waals surface area contributed by atoms with Crippen LogP contribution in [0.25, 0.3) is 0 Å². The standard InChI is InChI=1S/C17H18N2O/c18-8-3-6-15-11-17(20)12-16(15)10-14-5-2-1-4-13(14)7-9-19/h4,10-11,14H,1-3,5-7,12H2/b16-10-. The summed E-state index contributed by atoms with van der Waals surface area (Å²) in [7, 11) is 0. The Morgan fingerprint density at radius 2 is 2.20 bits per heavy atom. The molecule has 0 radical (unpaired) electrons. The molecule has 0 N–H and O–H groups in total. The molecule has 0 spiro atoms. The molecule has 0 bridgehead atoms. The van der Waals surface area contributed by atoms with E-state index in [0.717, 1.165) is 30.4 Å². The van der Waals surface area contributed by atoms with Crippen LogP contribution >= 0.6 is 0 Å². The fourth-order valence-corrected chi connectivity index (χ4v) is 2.92. The minimum absolute atomic E-state index is 0.130. The maximum atomic E-state index is 11.6. The second-order valence-corrected chi connectivity index (χ2v) is 5.31. The van der Waals surface area contributed by atoms with Gasteiger partial charge in [0.15, 0.2) is 5.78 Å². The first-order valence-corrected chi connectivity index (χ1v) is 7.12. The van der Waals surface area contributed by atoms with Crippen LogP contribution in [0.3, 0.4) is 0 Å². The lowest BCUT2D eigenvalue weighted by molar-refractivity contribution is -0.113. The summed E-state index contributed by atoms with van der Waals surface area (Å²) < 4.78 is 0. The minimum Gasteiger partial charge on any atom is -0.294 e. The van der Waals surface area contributed by atoms with E-state index < -0.39 is 0 Å². The van der Waals surface area contributed by atoms with Crippen molar-refractivity contribution in [2.75, 3.05) is 0 Å². The van der Waals surface area contributed by atoms with Gasteiger partial charge in [-0.15, -0.1) is 0 Å². The number of carbonyl (C=O) groups excluding carboxylic acids is 1. The van der Waals surface area contributed by atoms with Gasteiger partial charge in [0.1, 0.15) is 0 Å². The molecule has 3 nitrogen and oxygen atoms in total. The third kappa shape index (κ3) is 3.45. The number of nitriles is 2. The predicted octanol–water partition coefficient (Wildman–Crippen LogP) is 3.76. The predicted molar refractivity (Wildman–Crippen MR) is 76.3 cm³/mol. The van der Waals surface area contributed by atoms with Crippen LogP contribution in [-0.4, -0.2) is 5.78 Å². The molecule has 0 aromatic heterocycles. The molecular weight excluding hydrogens is 248 g/mol. The van der Waals surface area contributed by atoms with E-state index >= 15 is 0 Å². The second-order valence-electron chi connectivity index (χ2n) is 5.31. The number of allylic oxidation sites excluding steroid dienone is 6. The summed E-state index contributed by atoms with van der Waals surface area (Å²) in [5.41, 5.74) is 3.27. The average Bonchev–Trinajstić information content (AvgIpc) is 2.79. The third-order valence-corrected chi connectivity index (χ3v) is 3.91. The Balaban J connectivity index is 2.17. The third-order valence-electron chi connectivity index (χ3n) is 3.91. The van der Waals surface area contributed by atoms with Gasteiger partial charge in [-0.2, -0.15) is 10.5 Å². The van der Waals surface area contributed by atoms with Crippen molar-refractivity contribution in [3.05, 3.63) is 34.9 Å². The summed E-state index contributed by atoms with van der Waals surface area (Å²) in [5, 5.41) is 17.6. The molecule has 20 heavy (non-hydrogen) atoms. The molecule has 1 atom stereocenters. The second kappa shape index (κ2) is 6.87. The van der Waals surface area contributed by atoms with E-state index in [0.29, 0.717) is 25.7 Å². The Morgan fingerprint density at radius 3 is 2.95 bits per heavy atom. The van der Waals surface area contributed by atoms with Gasteiger partial charge in [-0.25, -0.2) is 0 Å². The van der Waals surface area contributed by atoms with Crippen LogP contribution in [0.5, 0.6) is 0 Å². The Labute approximate surface area is 119 Å². The lowest BCUT2D eigenvalue weighted by Gasteiger charge is -2.21. The fourth-order valence-electron chi connectivity index (χ4n) is 2.92. The highest BCUT2D eigenvalue weighted by Gasteiger charge is 2.21. The van der Waals surface area contributed by atoms with E-state index in [2.05, 4.69) is 24.3 Å². The van der Waals surface area contributed by atoms with Crippen molar-refractivity contribution < 1.29 is 4.79 Å². The Bertz CT molecular complexity index is 567. The molecular formula is C17H18N2O. The maximum absolute atomic E-state index is 11.6. The SMILES string of the molecule is N#CCCC1=CC(=O)C/C1=C/C1CCCC=C1CC#N. The molecule has 0 amide bonds.